The van der Waals surface area contributed by atoms with Crippen LogP contribution in [0.5, 0.6) is 0 Å². The summed E-state index contributed by atoms with van der Waals surface area (Å²) in [4.78, 5) is 12.6. The van der Waals surface area contributed by atoms with Gasteiger partial charge in [-0.2, -0.15) is 0 Å². The number of rotatable bonds is 7. The van der Waals surface area contributed by atoms with Gasteiger partial charge in [-0.3, -0.25) is 4.79 Å². The minimum Gasteiger partial charge on any atom is -0.380 e. The van der Waals surface area contributed by atoms with Gasteiger partial charge in [0.05, 0.1) is 23.6 Å². The number of nitrogens with one attached hydrogen (secondary N) is 1. The molecule has 19 heavy (non-hydrogen) atoms. The van der Waals surface area contributed by atoms with Crippen molar-refractivity contribution >= 4 is 17.2 Å². The van der Waals surface area contributed by atoms with Gasteiger partial charge in [-0.15, -0.1) is 11.3 Å². The first-order valence-electron chi connectivity index (χ1n) is 6.41. The van der Waals surface area contributed by atoms with Gasteiger partial charge in [0.15, 0.2) is 0 Å². The molecule has 0 aliphatic heterocycles. The second-order valence-electron chi connectivity index (χ2n) is 3.93. The minimum atomic E-state index is -0.0869. The fourth-order valence-corrected chi connectivity index (χ4v) is 2.10. The van der Waals surface area contributed by atoms with Crippen LogP contribution in [0.2, 0.25) is 0 Å². The molecule has 1 aromatic heterocycles. The van der Waals surface area contributed by atoms with E-state index in [4.69, 9.17) is 10.5 Å². The predicted molar refractivity (Wildman–Crippen MR) is 78.3 cm³/mol. The van der Waals surface area contributed by atoms with Gasteiger partial charge in [0.25, 0.3) is 5.91 Å². The number of unbranched alkanes of at least 4 members (excludes halogenated alkanes) is 1. The van der Waals surface area contributed by atoms with Gasteiger partial charge in [-0.25, -0.2) is 0 Å². The lowest BCUT2D eigenvalue weighted by Gasteiger charge is -2.04. The van der Waals surface area contributed by atoms with E-state index >= 15 is 0 Å². The van der Waals surface area contributed by atoms with E-state index in [-0.39, 0.29) is 5.91 Å². The lowest BCUT2D eigenvalue weighted by Crippen LogP contribution is -2.26. The molecule has 0 atom stereocenters. The Balaban J connectivity index is 2.27. The van der Waals surface area contributed by atoms with Crippen molar-refractivity contribution < 1.29 is 9.53 Å². The predicted octanol–water partition coefficient (Wildman–Crippen LogP) is 1.60. The molecule has 0 saturated heterocycles. The zero-order chi connectivity index (χ0) is 13.9. The summed E-state index contributed by atoms with van der Waals surface area (Å²) >= 11 is 1.45. The van der Waals surface area contributed by atoms with Gasteiger partial charge in [-0.1, -0.05) is 25.2 Å². The molecular weight excluding hydrogens is 260 g/mol. The van der Waals surface area contributed by atoms with Crippen molar-refractivity contribution in [3.05, 3.63) is 21.9 Å². The number of ether oxygens (including phenoxy) is 1. The lowest BCUT2D eigenvalue weighted by atomic mass is 10.3. The van der Waals surface area contributed by atoms with Crippen LogP contribution in [-0.2, 0) is 4.74 Å². The highest BCUT2D eigenvalue weighted by Crippen LogP contribution is 2.13. The molecule has 1 heterocycles. The Bertz CT molecular complexity index is 446. The van der Waals surface area contributed by atoms with Crippen molar-refractivity contribution in [2.75, 3.05) is 26.3 Å². The fourth-order valence-electron chi connectivity index (χ4n) is 1.35. The van der Waals surface area contributed by atoms with Crippen molar-refractivity contribution in [3.63, 3.8) is 0 Å². The van der Waals surface area contributed by atoms with E-state index in [0.717, 1.165) is 24.3 Å². The highest BCUT2D eigenvalue weighted by atomic mass is 32.1. The highest BCUT2D eigenvalue weighted by Gasteiger charge is 2.06. The van der Waals surface area contributed by atoms with Gasteiger partial charge in [0.1, 0.15) is 0 Å². The molecule has 5 heteroatoms. The number of thiophene rings is 1. The molecule has 0 spiro atoms. The van der Waals surface area contributed by atoms with Crippen LogP contribution in [0.3, 0.4) is 0 Å². The van der Waals surface area contributed by atoms with E-state index in [1.165, 1.54) is 11.3 Å². The normalized spacial score (nSPS) is 9.79. The van der Waals surface area contributed by atoms with Crippen molar-refractivity contribution in [2.45, 2.75) is 19.8 Å². The summed E-state index contributed by atoms with van der Waals surface area (Å²) in [6.07, 6.45) is 2.18. The van der Waals surface area contributed by atoms with Crippen LogP contribution in [0.4, 0.5) is 0 Å². The van der Waals surface area contributed by atoms with Crippen LogP contribution in [0, 0.1) is 11.8 Å². The summed E-state index contributed by atoms with van der Waals surface area (Å²) in [5, 5.41) is 4.61. The third-order valence-corrected chi connectivity index (χ3v) is 3.20. The first-order chi connectivity index (χ1) is 9.27. The molecule has 0 saturated carbocycles. The van der Waals surface area contributed by atoms with Crippen molar-refractivity contribution in [1.82, 2.24) is 5.32 Å². The highest BCUT2D eigenvalue weighted by molar-refractivity contribution is 7.10. The molecule has 0 unspecified atom stereocenters. The summed E-state index contributed by atoms with van der Waals surface area (Å²) in [5.41, 5.74) is 5.94. The molecule has 4 nitrogen and oxygen atoms in total. The number of hydrogen-bond acceptors (Lipinski definition) is 4. The Kier molecular flexibility index (Phi) is 7.91. The summed E-state index contributed by atoms with van der Waals surface area (Å²) in [6, 6.07) is 1.78. The second kappa shape index (κ2) is 9.56. The van der Waals surface area contributed by atoms with Gasteiger partial charge in [-0.05, 0) is 12.5 Å². The Morgan fingerprint density at radius 3 is 3.11 bits per heavy atom. The van der Waals surface area contributed by atoms with Crippen LogP contribution in [0.1, 0.15) is 35.0 Å². The largest absolute Gasteiger partial charge is 0.380 e. The average molecular weight is 280 g/mol. The van der Waals surface area contributed by atoms with E-state index in [0.29, 0.717) is 25.3 Å². The second-order valence-corrected chi connectivity index (χ2v) is 4.84. The quantitative estimate of drug-likeness (QED) is 0.589. The van der Waals surface area contributed by atoms with Crippen LogP contribution in [0.15, 0.2) is 11.4 Å². The maximum absolute atomic E-state index is 11.8. The maximum atomic E-state index is 11.8. The van der Waals surface area contributed by atoms with Gasteiger partial charge in [0, 0.05) is 18.5 Å². The molecule has 0 fully saturated rings. The smallest absolute Gasteiger partial charge is 0.252 e. The SMILES string of the molecule is CCCCOCCNC(=O)c1csc(C#CCN)c1. The molecule has 3 N–H and O–H groups in total. The molecule has 104 valence electrons. The van der Waals surface area contributed by atoms with Crippen LogP contribution in [-0.4, -0.2) is 32.2 Å². The zero-order valence-electron chi connectivity index (χ0n) is 11.2. The van der Waals surface area contributed by atoms with Crippen molar-refractivity contribution in [2.24, 2.45) is 5.73 Å². The molecule has 1 rings (SSSR count). The Morgan fingerprint density at radius 1 is 1.53 bits per heavy atom. The average Bonchev–Trinajstić information content (AvgIpc) is 2.89. The first kappa shape index (κ1) is 15.7. The summed E-state index contributed by atoms with van der Waals surface area (Å²) in [6.45, 7) is 4.28. The van der Waals surface area contributed by atoms with E-state index in [1.54, 1.807) is 11.4 Å². The van der Waals surface area contributed by atoms with E-state index in [2.05, 4.69) is 24.1 Å². The minimum absolute atomic E-state index is 0.0869. The molecule has 1 aromatic rings. The third-order valence-electron chi connectivity index (χ3n) is 2.35. The third kappa shape index (κ3) is 6.39. The van der Waals surface area contributed by atoms with Gasteiger partial charge < -0.3 is 15.8 Å². The molecule has 1 amide bonds. The molecule has 0 radical (unpaired) electrons. The number of nitrogens with two attached hydrogens (primary N) is 1. The monoisotopic (exact) mass is 280 g/mol. The molecule has 0 aliphatic carbocycles. The Hall–Kier alpha value is -1.35. The van der Waals surface area contributed by atoms with Crippen LogP contribution < -0.4 is 11.1 Å². The van der Waals surface area contributed by atoms with Crippen molar-refractivity contribution in [3.8, 4) is 11.8 Å². The first-order valence-corrected chi connectivity index (χ1v) is 7.29. The van der Waals surface area contributed by atoms with Gasteiger partial charge >= 0.3 is 0 Å². The molecule has 0 bridgehead atoms. The Morgan fingerprint density at radius 2 is 2.37 bits per heavy atom. The summed E-state index contributed by atoms with van der Waals surface area (Å²) < 4.78 is 5.37. The van der Waals surface area contributed by atoms with Gasteiger partial charge in [0.2, 0.25) is 0 Å². The number of amides is 1. The summed E-state index contributed by atoms with van der Waals surface area (Å²) in [5.74, 6) is 5.59. The summed E-state index contributed by atoms with van der Waals surface area (Å²) in [7, 11) is 0. The zero-order valence-corrected chi connectivity index (χ0v) is 12.0. The maximum Gasteiger partial charge on any atom is 0.252 e. The molecule has 0 aliphatic rings. The Labute approximate surface area is 118 Å². The van der Waals surface area contributed by atoms with Crippen LogP contribution in [0.25, 0.3) is 0 Å². The lowest BCUT2D eigenvalue weighted by molar-refractivity contribution is 0.0913. The number of carbonyl (C=O) groups excluding carboxylic acids is 1. The van der Waals surface area contributed by atoms with E-state index in [1.807, 2.05) is 0 Å². The fraction of sp³-hybridized carbons (Fsp3) is 0.500. The number of hydrogen-bond donors (Lipinski definition) is 2. The topological polar surface area (TPSA) is 64.3 Å². The van der Waals surface area contributed by atoms with E-state index < -0.39 is 0 Å². The van der Waals surface area contributed by atoms with E-state index in [9.17, 15) is 4.79 Å². The van der Waals surface area contributed by atoms with Crippen molar-refractivity contribution in [1.29, 1.82) is 0 Å². The number of carbonyl (C=O) groups is 1. The van der Waals surface area contributed by atoms with Crippen LogP contribution >= 0.6 is 11.3 Å². The molecule has 0 aromatic carbocycles. The standard InChI is InChI=1S/C14H20N2O2S/c1-2-3-8-18-9-7-16-14(17)12-10-13(19-11-12)5-4-6-15/h10-11H,2-3,6-9,15H2,1H3,(H,16,17). The molecular formula is C14H20N2O2S.